The first-order chi connectivity index (χ1) is 9.91. The highest BCUT2D eigenvalue weighted by molar-refractivity contribution is 5.86. The van der Waals surface area contributed by atoms with Crippen LogP contribution < -0.4 is 5.73 Å². The molecule has 3 heteroatoms. The lowest BCUT2D eigenvalue weighted by Crippen LogP contribution is -2.23. The Balaban J connectivity index is 1.97. The van der Waals surface area contributed by atoms with Crippen molar-refractivity contribution in [2.24, 2.45) is 5.73 Å². The van der Waals surface area contributed by atoms with Gasteiger partial charge in [-0.1, -0.05) is 6.07 Å². The molecule has 1 fully saturated rings. The van der Waals surface area contributed by atoms with Gasteiger partial charge in [-0.25, -0.2) is 0 Å². The third-order valence-electron chi connectivity index (χ3n) is 4.88. The van der Waals surface area contributed by atoms with E-state index in [-0.39, 0.29) is 5.60 Å². The molecule has 1 aromatic heterocycles. The third-order valence-corrected chi connectivity index (χ3v) is 4.88. The van der Waals surface area contributed by atoms with Crippen LogP contribution in [0, 0.1) is 13.8 Å². The quantitative estimate of drug-likeness (QED) is 0.935. The van der Waals surface area contributed by atoms with E-state index in [4.69, 9.17) is 10.5 Å². The number of hydrogen-bond acceptors (Lipinski definition) is 2. The number of nitrogens with zero attached hydrogens (tertiary/aromatic N) is 1. The van der Waals surface area contributed by atoms with Gasteiger partial charge in [-0.15, -0.1) is 0 Å². The van der Waals surface area contributed by atoms with E-state index in [1.165, 1.54) is 27.7 Å². The molecule has 2 heterocycles. The summed E-state index contributed by atoms with van der Waals surface area (Å²) in [6.07, 6.45) is 2.61. The van der Waals surface area contributed by atoms with Crippen LogP contribution in [0.3, 0.4) is 0 Å². The molecule has 1 saturated heterocycles. The van der Waals surface area contributed by atoms with E-state index in [1.807, 2.05) is 0 Å². The van der Waals surface area contributed by atoms with Crippen LogP contribution in [0.25, 0.3) is 10.9 Å². The molecule has 0 radical (unpaired) electrons. The molecule has 1 atom stereocenters. The molecule has 1 aromatic carbocycles. The second-order valence-corrected chi connectivity index (χ2v) is 6.91. The minimum absolute atomic E-state index is 0.0310. The summed E-state index contributed by atoms with van der Waals surface area (Å²) in [6.45, 7) is 10.3. The highest BCUT2D eigenvalue weighted by atomic mass is 16.5. The van der Waals surface area contributed by atoms with E-state index >= 15 is 0 Å². The van der Waals surface area contributed by atoms with Crippen molar-refractivity contribution in [3.8, 4) is 0 Å². The molecule has 2 N–H and O–H groups in total. The molecule has 0 amide bonds. The molecule has 0 saturated carbocycles. The molecule has 114 valence electrons. The molecule has 3 rings (SSSR count). The second kappa shape index (κ2) is 5.15. The Labute approximate surface area is 127 Å². The summed E-state index contributed by atoms with van der Waals surface area (Å²) in [7, 11) is 0. The molecular weight excluding hydrogens is 260 g/mol. The number of ether oxygens (including phenoxy) is 1. The fraction of sp³-hybridized carbons (Fsp3) is 0.556. The molecular formula is C18H26N2O. The summed E-state index contributed by atoms with van der Waals surface area (Å²) in [4.78, 5) is 0. The summed E-state index contributed by atoms with van der Waals surface area (Å²) < 4.78 is 8.58. The Morgan fingerprint density at radius 2 is 2.10 bits per heavy atom. The Bertz CT molecular complexity index is 669. The maximum atomic E-state index is 6.17. The fourth-order valence-electron chi connectivity index (χ4n) is 3.47. The standard InChI is InChI=1S/C18H26N2O/c1-12-13(2)20(11-15-7-8-18(3,4)21-15)17-6-5-14(10-19)9-16(12)17/h5-6,9,15H,7-8,10-11,19H2,1-4H3. The average Bonchev–Trinajstić information content (AvgIpc) is 2.91. The van der Waals surface area contributed by atoms with Crippen LogP contribution in [0.1, 0.15) is 43.5 Å². The first-order valence-corrected chi connectivity index (χ1v) is 7.87. The summed E-state index contributed by atoms with van der Waals surface area (Å²) in [5.74, 6) is 0. The topological polar surface area (TPSA) is 40.2 Å². The normalized spacial score (nSPS) is 21.3. The number of nitrogens with two attached hydrogens (primary N) is 1. The summed E-state index contributed by atoms with van der Waals surface area (Å²) >= 11 is 0. The number of aryl methyl sites for hydroxylation is 1. The van der Waals surface area contributed by atoms with Crippen molar-refractivity contribution >= 4 is 10.9 Å². The van der Waals surface area contributed by atoms with Crippen molar-refractivity contribution in [3.05, 3.63) is 35.0 Å². The highest BCUT2D eigenvalue weighted by Crippen LogP contribution is 2.32. The van der Waals surface area contributed by atoms with Crippen LogP contribution in [0.2, 0.25) is 0 Å². The Hall–Kier alpha value is -1.32. The molecule has 1 aliphatic heterocycles. The molecule has 2 aromatic rings. The van der Waals surface area contributed by atoms with Gasteiger partial charge < -0.3 is 15.0 Å². The van der Waals surface area contributed by atoms with Gasteiger partial charge in [-0.05, 0) is 63.8 Å². The van der Waals surface area contributed by atoms with E-state index in [0.29, 0.717) is 12.6 Å². The van der Waals surface area contributed by atoms with Crippen LogP contribution in [0.4, 0.5) is 0 Å². The first kappa shape index (κ1) is 14.6. The monoisotopic (exact) mass is 286 g/mol. The van der Waals surface area contributed by atoms with E-state index in [0.717, 1.165) is 19.4 Å². The maximum absolute atomic E-state index is 6.17. The summed E-state index contributed by atoms with van der Waals surface area (Å²) in [6, 6.07) is 6.57. The van der Waals surface area contributed by atoms with Crippen molar-refractivity contribution in [1.29, 1.82) is 0 Å². The van der Waals surface area contributed by atoms with E-state index < -0.39 is 0 Å². The van der Waals surface area contributed by atoms with Crippen molar-refractivity contribution in [2.75, 3.05) is 0 Å². The number of fused-ring (bicyclic) bond motifs is 1. The van der Waals surface area contributed by atoms with Crippen LogP contribution >= 0.6 is 0 Å². The van der Waals surface area contributed by atoms with Crippen LogP contribution in [-0.2, 0) is 17.8 Å². The zero-order chi connectivity index (χ0) is 15.2. The van der Waals surface area contributed by atoms with Crippen molar-refractivity contribution in [1.82, 2.24) is 4.57 Å². The zero-order valence-corrected chi connectivity index (χ0v) is 13.6. The van der Waals surface area contributed by atoms with Crippen LogP contribution in [0.5, 0.6) is 0 Å². The second-order valence-electron chi connectivity index (χ2n) is 6.91. The van der Waals surface area contributed by atoms with Gasteiger partial charge in [0.25, 0.3) is 0 Å². The molecule has 1 aliphatic rings. The van der Waals surface area contributed by atoms with Gasteiger partial charge in [0.05, 0.1) is 11.7 Å². The predicted molar refractivity (Wildman–Crippen MR) is 87.5 cm³/mol. The Kier molecular flexibility index (Phi) is 3.58. The number of aromatic nitrogens is 1. The number of hydrogen-bond donors (Lipinski definition) is 1. The Morgan fingerprint density at radius 1 is 1.33 bits per heavy atom. The molecule has 3 nitrogen and oxygen atoms in total. The molecule has 0 aliphatic carbocycles. The lowest BCUT2D eigenvalue weighted by atomic mass is 10.1. The lowest BCUT2D eigenvalue weighted by Gasteiger charge is -2.20. The fourth-order valence-corrected chi connectivity index (χ4v) is 3.47. The average molecular weight is 286 g/mol. The van der Waals surface area contributed by atoms with E-state index in [2.05, 4.69) is 50.5 Å². The predicted octanol–water partition coefficient (Wildman–Crippen LogP) is 3.67. The van der Waals surface area contributed by atoms with Gasteiger partial charge in [0.2, 0.25) is 0 Å². The van der Waals surface area contributed by atoms with E-state index in [9.17, 15) is 0 Å². The van der Waals surface area contributed by atoms with Gasteiger partial charge in [0.1, 0.15) is 0 Å². The van der Waals surface area contributed by atoms with Gasteiger partial charge in [-0.3, -0.25) is 0 Å². The molecule has 1 unspecified atom stereocenters. The van der Waals surface area contributed by atoms with Crippen molar-refractivity contribution in [3.63, 3.8) is 0 Å². The van der Waals surface area contributed by atoms with Crippen molar-refractivity contribution < 1.29 is 4.74 Å². The summed E-state index contributed by atoms with van der Waals surface area (Å²) in [5.41, 5.74) is 11.0. The van der Waals surface area contributed by atoms with Gasteiger partial charge in [-0.2, -0.15) is 0 Å². The number of benzene rings is 1. The Morgan fingerprint density at radius 3 is 2.71 bits per heavy atom. The van der Waals surface area contributed by atoms with Crippen LogP contribution in [-0.4, -0.2) is 16.3 Å². The van der Waals surface area contributed by atoms with Gasteiger partial charge in [0.15, 0.2) is 0 Å². The largest absolute Gasteiger partial charge is 0.370 e. The molecule has 0 bridgehead atoms. The minimum atomic E-state index is 0.0310. The van der Waals surface area contributed by atoms with Crippen molar-refractivity contribution in [2.45, 2.75) is 65.3 Å². The van der Waals surface area contributed by atoms with Gasteiger partial charge in [0, 0.05) is 29.7 Å². The first-order valence-electron chi connectivity index (χ1n) is 7.87. The lowest BCUT2D eigenvalue weighted by molar-refractivity contribution is -0.0214. The highest BCUT2D eigenvalue weighted by Gasteiger charge is 2.32. The summed E-state index contributed by atoms with van der Waals surface area (Å²) in [5, 5.41) is 1.33. The SMILES string of the molecule is Cc1c(C)n(CC2CCC(C)(C)O2)c2ccc(CN)cc12. The number of rotatable bonds is 3. The smallest absolute Gasteiger partial charge is 0.0762 e. The third kappa shape index (κ3) is 2.60. The van der Waals surface area contributed by atoms with Gasteiger partial charge >= 0.3 is 0 Å². The maximum Gasteiger partial charge on any atom is 0.0762 e. The van der Waals surface area contributed by atoms with E-state index in [1.54, 1.807) is 0 Å². The zero-order valence-electron chi connectivity index (χ0n) is 13.6. The minimum Gasteiger partial charge on any atom is -0.370 e. The van der Waals surface area contributed by atoms with Crippen LogP contribution in [0.15, 0.2) is 18.2 Å². The molecule has 21 heavy (non-hydrogen) atoms. The molecule has 0 spiro atoms.